The second kappa shape index (κ2) is 6.52. The molecule has 5 nitrogen and oxygen atoms in total. The number of amides is 1. The lowest BCUT2D eigenvalue weighted by Crippen LogP contribution is -2.40. The average molecular weight is 288 g/mol. The monoisotopic (exact) mass is 288 g/mol. The Hall–Kier alpha value is -2.17. The van der Waals surface area contributed by atoms with Crippen LogP contribution in [0, 0.1) is 0 Å². The first kappa shape index (κ1) is 15.2. The van der Waals surface area contributed by atoms with Gasteiger partial charge in [0, 0.05) is 24.4 Å². The quantitative estimate of drug-likeness (QED) is 0.864. The highest BCUT2D eigenvalue weighted by atomic mass is 16.4. The zero-order valence-electron chi connectivity index (χ0n) is 12.3. The Balaban J connectivity index is 2.14. The molecule has 21 heavy (non-hydrogen) atoms. The summed E-state index contributed by atoms with van der Waals surface area (Å²) in [5.41, 5.74) is 1.07. The van der Waals surface area contributed by atoms with Crippen LogP contribution >= 0.6 is 0 Å². The first-order chi connectivity index (χ1) is 10.0. The van der Waals surface area contributed by atoms with E-state index in [-0.39, 0.29) is 11.9 Å². The van der Waals surface area contributed by atoms with Crippen molar-refractivity contribution in [3.8, 4) is 0 Å². The Bertz CT molecular complexity index is 551. The topological polar surface area (TPSA) is 70.5 Å². The van der Waals surface area contributed by atoms with Crippen molar-refractivity contribution in [2.75, 3.05) is 0 Å². The number of rotatable bonds is 4. The number of aliphatic carboxylic acids is 1. The molecule has 1 aliphatic heterocycles. The molecular formula is C16H20N2O3. The van der Waals surface area contributed by atoms with Gasteiger partial charge in [-0.05, 0) is 43.9 Å². The van der Waals surface area contributed by atoms with E-state index in [9.17, 15) is 9.59 Å². The standard InChI is InChI=1S/C16H20N2O3/c1-3-13-7-4-11(2)18(13)16(21)14-8-5-12(10-17-14)6-9-15(19)20/h5-6,8-11,13H,3-4,7H2,1-2H3,(H,19,20)/b9-6+. The highest BCUT2D eigenvalue weighted by Gasteiger charge is 2.33. The third-order valence-electron chi connectivity index (χ3n) is 3.92. The van der Waals surface area contributed by atoms with E-state index in [4.69, 9.17) is 5.11 Å². The lowest BCUT2D eigenvalue weighted by molar-refractivity contribution is -0.131. The first-order valence-corrected chi connectivity index (χ1v) is 7.22. The van der Waals surface area contributed by atoms with Gasteiger partial charge in [0.25, 0.3) is 5.91 Å². The van der Waals surface area contributed by atoms with Gasteiger partial charge in [0.15, 0.2) is 0 Å². The number of hydrogen-bond acceptors (Lipinski definition) is 3. The molecule has 1 amide bonds. The summed E-state index contributed by atoms with van der Waals surface area (Å²) in [6, 6.07) is 3.90. The summed E-state index contributed by atoms with van der Waals surface area (Å²) in [4.78, 5) is 29.1. The van der Waals surface area contributed by atoms with Gasteiger partial charge >= 0.3 is 5.97 Å². The molecule has 2 rings (SSSR count). The molecule has 2 atom stereocenters. The van der Waals surface area contributed by atoms with E-state index in [0.717, 1.165) is 25.3 Å². The zero-order valence-corrected chi connectivity index (χ0v) is 12.3. The first-order valence-electron chi connectivity index (χ1n) is 7.22. The summed E-state index contributed by atoms with van der Waals surface area (Å²) >= 11 is 0. The zero-order chi connectivity index (χ0) is 15.4. The van der Waals surface area contributed by atoms with Gasteiger partial charge in [0.2, 0.25) is 0 Å². The predicted octanol–water partition coefficient (Wildman–Crippen LogP) is 2.58. The third-order valence-corrected chi connectivity index (χ3v) is 3.92. The van der Waals surface area contributed by atoms with Crippen molar-refractivity contribution in [2.24, 2.45) is 0 Å². The van der Waals surface area contributed by atoms with Gasteiger partial charge in [0.1, 0.15) is 5.69 Å². The number of hydrogen-bond donors (Lipinski definition) is 1. The minimum atomic E-state index is -1.01. The number of pyridine rings is 1. The largest absolute Gasteiger partial charge is 0.478 e. The number of carboxylic acid groups (broad SMARTS) is 1. The molecule has 0 aromatic carbocycles. The van der Waals surface area contributed by atoms with E-state index in [1.165, 1.54) is 12.3 Å². The van der Waals surface area contributed by atoms with Gasteiger partial charge in [-0.15, -0.1) is 0 Å². The number of carbonyl (C=O) groups is 2. The van der Waals surface area contributed by atoms with Crippen molar-refractivity contribution in [3.63, 3.8) is 0 Å². The minimum Gasteiger partial charge on any atom is -0.478 e. The molecule has 0 aliphatic carbocycles. The molecule has 0 spiro atoms. The molecule has 1 aliphatic rings. The highest BCUT2D eigenvalue weighted by Crippen LogP contribution is 2.27. The number of carbonyl (C=O) groups excluding carboxylic acids is 1. The summed E-state index contributed by atoms with van der Waals surface area (Å²) in [6.07, 6.45) is 7.06. The molecule has 1 aromatic heterocycles. The molecule has 1 saturated heterocycles. The molecular weight excluding hydrogens is 268 g/mol. The number of likely N-dealkylation sites (tertiary alicyclic amines) is 1. The molecule has 1 N–H and O–H groups in total. The number of carboxylic acids is 1. The van der Waals surface area contributed by atoms with Crippen LogP contribution in [0.2, 0.25) is 0 Å². The molecule has 1 aromatic rings. The van der Waals surface area contributed by atoms with Crippen LogP contribution in [0.25, 0.3) is 6.08 Å². The van der Waals surface area contributed by atoms with Crippen LogP contribution in [0.1, 0.15) is 49.2 Å². The molecule has 0 radical (unpaired) electrons. The van der Waals surface area contributed by atoms with Crippen molar-refractivity contribution < 1.29 is 14.7 Å². The molecule has 0 saturated carbocycles. The van der Waals surface area contributed by atoms with Crippen LogP contribution in [-0.2, 0) is 4.79 Å². The Morgan fingerprint density at radius 3 is 2.76 bits per heavy atom. The fourth-order valence-corrected chi connectivity index (χ4v) is 2.77. The summed E-state index contributed by atoms with van der Waals surface area (Å²) in [6.45, 7) is 4.16. The van der Waals surface area contributed by atoms with Crippen molar-refractivity contribution in [2.45, 2.75) is 45.2 Å². The van der Waals surface area contributed by atoms with E-state index in [2.05, 4.69) is 18.8 Å². The van der Waals surface area contributed by atoms with Gasteiger partial charge in [0.05, 0.1) is 0 Å². The van der Waals surface area contributed by atoms with Gasteiger partial charge in [-0.3, -0.25) is 9.78 Å². The smallest absolute Gasteiger partial charge is 0.328 e. The molecule has 2 heterocycles. The van der Waals surface area contributed by atoms with E-state index in [1.807, 2.05) is 4.90 Å². The average Bonchev–Trinajstić information content (AvgIpc) is 2.85. The Kier molecular flexibility index (Phi) is 4.73. The molecule has 1 fully saturated rings. The van der Waals surface area contributed by atoms with Gasteiger partial charge in [-0.2, -0.15) is 0 Å². The molecule has 2 unspecified atom stereocenters. The maximum Gasteiger partial charge on any atom is 0.328 e. The highest BCUT2D eigenvalue weighted by molar-refractivity contribution is 5.93. The maximum absolute atomic E-state index is 12.6. The van der Waals surface area contributed by atoms with Crippen molar-refractivity contribution in [1.82, 2.24) is 9.88 Å². The molecule has 0 bridgehead atoms. The van der Waals surface area contributed by atoms with E-state index in [1.54, 1.807) is 12.1 Å². The van der Waals surface area contributed by atoms with Gasteiger partial charge < -0.3 is 10.0 Å². The summed E-state index contributed by atoms with van der Waals surface area (Å²) in [5.74, 6) is -1.05. The molecule has 112 valence electrons. The number of nitrogens with zero attached hydrogens (tertiary/aromatic N) is 2. The van der Waals surface area contributed by atoms with Crippen molar-refractivity contribution in [3.05, 3.63) is 35.7 Å². The Morgan fingerprint density at radius 2 is 2.19 bits per heavy atom. The second-order valence-electron chi connectivity index (χ2n) is 5.35. The van der Waals surface area contributed by atoms with Gasteiger partial charge in [-0.1, -0.05) is 13.0 Å². The predicted molar refractivity (Wildman–Crippen MR) is 79.9 cm³/mol. The third kappa shape index (κ3) is 3.48. The van der Waals surface area contributed by atoms with Crippen molar-refractivity contribution in [1.29, 1.82) is 0 Å². The van der Waals surface area contributed by atoms with Crippen LogP contribution in [0.3, 0.4) is 0 Å². The fourth-order valence-electron chi connectivity index (χ4n) is 2.77. The Morgan fingerprint density at radius 1 is 1.43 bits per heavy atom. The second-order valence-corrected chi connectivity index (χ2v) is 5.35. The van der Waals surface area contributed by atoms with Crippen LogP contribution < -0.4 is 0 Å². The normalized spacial score (nSPS) is 21.9. The van der Waals surface area contributed by atoms with E-state index in [0.29, 0.717) is 17.3 Å². The van der Waals surface area contributed by atoms with Gasteiger partial charge in [-0.25, -0.2) is 4.79 Å². The molecule has 5 heteroatoms. The SMILES string of the molecule is CCC1CCC(C)N1C(=O)c1ccc(/C=C/C(=O)O)cn1. The summed E-state index contributed by atoms with van der Waals surface area (Å²) < 4.78 is 0. The fraction of sp³-hybridized carbons (Fsp3) is 0.438. The lowest BCUT2D eigenvalue weighted by Gasteiger charge is -2.27. The van der Waals surface area contributed by atoms with Crippen LogP contribution in [0.4, 0.5) is 0 Å². The minimum absolute atomic E-state index is 0.0411. The maximum atomic E-state index is 12.6. The van der Waals surface area contributed by atoms with Crippen LogP contribution in [0.15, 0.2) is 24.4 Å². The van der Waals surface area contributed by atoms with E-state index >= 15 is 0 Å². The van der Waals surface area contributed by atoms with Crippen molar-refractivity contribution >= 4 is 18.0 Å². The number of aromatic nitrogens is 1. The van der Waals surface area contributed by atoms with Crippen LogP contribution in [-0.4, -0.2) is 39.0 Å². The summed E-state index contributed by atoms with van der Waals surface area (Å²) in [7, 11) is 0. The lowest BCUT2D eigenvalue weighted by atomic mass is 10.1. The van der Waals surface area contributed by atoms with E-state index < -0.39 is 5.97 Å². The van der Waals surface area contributed by atoms with Crippen LogP contribution in [0.5, 0.6) is 0 Å². The Labute approximate surface area is 124 Å². The summed E-state index contributed by atoms with van der Waals surface area (Å²) in [5, 5.41) is 8.58.